The number of ether oxygens (including phenoxy) is 1. The Kier molecular flexibility index (Phi) is 9.02. The maximum Gasteiger partial charge on any atom is 0.417 e. The van der Waals surface area contributed by atoms with Crippen LogP contribution < -0.4 is 16.0 Å². The van der Waals surface area contributed by atoms with Crippen molar-refractivity contribution in [1.82, 2.24) is 19.9 Å². The molecule has 2 aromatic heterocycles. The summed E-state index contributed by atoms with van der Waals surface area (Å²) >= 11 is 0. The Morgan fingerprint density at radius 1 is 1.21 bits per heavy atom. The molecule has 0 aliphatic carbocycles. The normalized spacial score (nSPS) is 22.0. The standard InChI is InChI=1S/C22H25F6N7O2.CH4/c23-18-19(31-7-13-3-4-34(9-17(29)36)11-21(13,24)25)32-12-33-20(18)35-5-6-37-10-16(35)15-2-1-14(8-30-15)22(26,27)28;/h1-2,8,12-13,16H,3-7,9-11H2,(H2,29,36)(H,31,32,33);1H4/t13-,16-;/m1./s1. The summed E-state index contributed by atoms with van der Waals surface area (Å²) in [5.41, 5.74) is 4.39. The van der Waals surface area contributed by atoms with Crippen LogP contribution in [-0.4, -0.2) is 77.6 Å². The molecule has 4 heterocycles. The second kappa shape index (κ2) is 11.7. The predicted octanol–water partition coefficient (Wildman–Crippen LogP) is 3.10. The van der Waals surface area contributed by atoms with E-state index in [1.54, 1.807) is 0 Å². The van der Waals surface area contributed by atoms with Crippen molar-refractivity contribution in [3.8, 4) is 0 Å². The van der Waals surface area contributed by atoms with Crippen molar-refractivity contribution in [2.75, 3.05) is 56.2 Å². The van der Waals surface area contributed by atoms with Gasteiger partial charge in [0, 0.05) is 25.2 Å². The third kappa shape index (κ3) is 6.62. The van der Waals surface area contributed by atoms with E-state index in [-0.39, 0.29) is 70.6 Å². The monoisotopic (exact) mass is 549 g/mol. The molecule has 15 heteroatoms. The highest BCUT2D eigenvalue weighted by Gasteiger charge is 2.44. The smallest absolute Gasteiger partial charge is 0.377 e. The summed E-state index contributed by atoms with van der Waals surface area (Å²) < 4.78 is 88.8. The van der Waals surface area contributed by atoms with Gasteiger partial charge in [-0.05, 0) is 25.1 Å². The molecule has 1 amide bonds. The highest BCUT2D eigenvalue weighted by molar-refractivity contribution is 5.75. The summed E-state index contributed by atoms with van der Waals surface area (Å²) in [4.78, 5) is 25.6. The minimum absolute atomic E-state index is 0. The first kappa shape index (κ1) is 29.4. The molecule has 0 bridgehead atoms. The van der Waals surface area contributed by atoms with Crippen LogP contribution in [0.15, 0.2) is 24.7 Å². The molecule has 210 valence electrons. The number of rotatable bonds is 7. The third-order valence-corrected chi connectivity index (χ3v) is 6.35. The Hall–Kier alpha value is -3.20. The molecule has 9 nitrogen and oxygen atoms in total. The number of alkyl halides is 5. The topological polar surface area (TPSA) is 110 Å². The zero-order chi connectivity index (χ0) is 26.8. The lowest BCUT2D eigenvalue weighted by Crippen LogP contribution is -2.52. The van der Waals surface area contributed by atoms with Crippen molar-refractivity contribution in [2.45, 2.75) is 32.0 Å². The lowest BCUT2D eigenvalue weighted by atomic mass is 9.92. The zero-order valence-corrected chi connectivity index (χ0v) is 19.5. The van der Waals surface area contributed by atoms with Crippen molar-refractivity contribution in [3.05, 3.63) is 41.7 Å². The van der Waals surface area contributed by atoms with Crippen molar-refractivity contribution in [2.24, 2.45) is 11.7 Å². The number of carbonyl (C=O) groups is 1. The highest BCUT2D eigenvalue weighted by Crippen LogP contribution is 2.35. The average molecular weight is 550 g/mol. The number of nitrogens with two attached hydrogens (primary N) is 1. The number of likely N-dealkylation sites (tertiary alicyclic amines) is 1. The average Bonchev–Trinajstić information content (AvgIpc) is 2.83. The first-order valence-corrected chi connectivity index (χ1v) is 11.5. The molecule has 0 unspecified atom stereocenters. The molecule has 0 spiro atoms. The number of piperidine rings is 1. The molecule has 0 aromatic carbocycles. The number of hydrogen-bond donors (Lipinski definition) is 2. The quantitative estimate of drug-likeness (QED) is 0.508. The van der Waals surface area contributed by atoms with E-state index in [9.17, 15) is 26.7 Å². The lowest BCUT2D eigenvalue weighted by molar-refractivity contribution is -0.137. The fourth-order valence-electron chi connectivity index (χ4n) is 4.44. The molecule has 4 rings (SSSR count). The minimum atomic E-state index is -4.55. The largest absolute Gasteiger partial charge is 0.417 e. The molecule has 2 saturated heterocycles. The summed E-state index contributed by atoms with van der Waals surface area (Å²) in [5.74, 6) is -6.31. The molecule has 2 aliphatic rings. The van der Waals surface area contributed by atoms with Crippen LogP contribution in [0.5, 0.6) is 0 Å². The molecular weight excluding hydrogens is 520 g/mol. The number of carbonyl (C=O) groups excluding carboxylic acids is 1. The van der Waals surface area contributed by atoms with Gasteiger partial charge >= 0.3 is 6.18 Å². The van der Waals surface area contributed by atoms with Crippen LogP contribution in [0, 0.1) is 11.7 Å². The highest BCUT2D eigenvalue weighted by atomic mass is 19.4. The van der Waals surface area contributed by atoms with Crippen LogP contribution in [0.4, 0.5) is 38.0 Å². The second-order valence-corrected chi connectivity index (χ2v) is 8.92. The van der Waals surface area contributed by atoms with Crippen LogP contribution in [0.3, 0.4) is 0 Å². The molecule has 2 fully saturated rings. The van der Waals surface area contributed by atoms with Gasteiger partial charge in [0.1, 0.15) is 6.33 Å². The summed E-state index contributed by atoms with van der Waals surface area (Å²) in [6.07, 6.45) is -2.73. The molecular formula is C23H29F6N7O2. The number of halogens is 6. The van der Waals surface area contributed by atoms with Gasteiger partial charge in [-0.1, -0.05) is 7.43 Å². The summed E-state index contributed by atoms with van der Waals surface area (Å²) in [6.45, 7) is -0.559. The molecule has 0 radical (unpaired) electrons. The summed E-state index contributed by atoms with van der Waals surface area (Å²) in [6, 6.07) is 1.35. The van der Waals surface area contributed by atoms with Crippen LogP contribution >= 0.6 is 0 Å². The van der Waals surface area contributed by atoms with E-state index in [4.69, 9.17) is 10.5 Å². The van der Waals surface area contributed by atoms with Crippen molar-refractivity contribution in [1.29, 1.82) is 0 Å². The first-order valence-electron chi connectivity index (χ1n) is 11.5. The third-order valence-electron chi connectivity index (χ3n) is 6.35. The Balaban J connectivity index is 0.00000400. The van der Waals surface area contributed by atoms with E-state index in [1.807, 2.05) is 0 Å². The van der Waals surface area contributed by atoms with E-state index in [0.717, 1.165) is 12.4 Å². The molecule has 2 aliphatic heterocycles. The Bertz CT molecular complexity index is 1100. The van der Waals surface area contributed by atoms with Gasteiger partial charge in [-0.15, -0.1) is 0 Å². The summed E-state index contributed by atoms with van der Waals surface area (Å²) in [5, 5.41) is 2.64. The molecule has 38 heavy (non-hydrogen) atoms. The summed E-state index contributed by atoms with van der Waals surface area (Å²) in [7, 11) is 0. The Morgan fingerprint density at radius 2 is 1.97 bits per heavy atom. The number of anilines is 2. The SMILES string of the molecule is C.NC(=O)CN1CC[C@H](CNc2ncnc(N3CCOC[C@@H]3c3ccc(C(F)(F)F)cn3)c2F)C(F)(F)C1. The van der Waals surface area contributed by atoms with Gasteiger partial charge in [0.25, 0.3) is 5.92 Å². The zero-order valence-electron chi connectivity index (χ0n) is 19.5. The van der Waals surface area contributed by atoms with Crippen molar-refractivity contribution < 1.29 is 35.9 Å². The van der Waals surface area contributed by atoms with Crippen molar-refractivity contribution in [3.63, 3.8) is 0 Å². The number of pyridine rings is 1. The van der Waals surface area contributed by atoms with Crippen LogP contribution in [0.25, 0.3) is 0 Å². The van der Waals surface area contributed by atoms with Gasteiger partial charge in [0.05, 0.1) is 43.6 Å². The van der Waals surface area contributed by atoms with Gasteiger partial charge in [-0.25, -0.2) is 18.7 Å². The Morgan fingerprint density at radius 3 is 2.61 bits per heavy atom. The van der Waals surface area contributed by atoms with E-state index in [1.165, 1.54) is 15.9 Å². The van der Waals surface area contributed by atoms with E-state index in [2.05, 4.69) is 20.3 Å². The minimum Gasteiger partial charge on any atom is -0.377 e. The van der Waals surface area contributed by atoms with Crippen LogP contribution in [0.1, 0.15) is 31.1 Å². The number of nitrogens with zero attached hydrogens (tertiary/aromatic N) is 5. The van der Waals surface area contributed by atoms with E-state index < -0.39 is 47.9 Å². The first-order chi connectivity index (χ1) is 17.5. The molecule has 2 atom stereocenters. The van der Waals surface area contributed by atoms with Gasteiger partial charge in [0.15, 0.2) is 11.6 Å². The maximum absolute atomic E-state index is 15.4. The fourth-order valence-corrected chi connectivity index (χ4v) is 4.44. The van der Waals surface area contributed by atoms with Crippen molar-refractivity contribution >= 4 is 17.5 Å². The Labute approximate surface area is 215 Å². The van der Waals surface area contributed by atoms with Gasteiger partial charge in [-0.2, -0.15) is 17.6 Å². The second-order valence-electron chi connectivity index (χ2n) is 8.92. The van der Waals surface area contributed by atoms with Crippen LogP contribution in [-0.2, 0) is 15.7 Å². The number of amides is 1. The number of hydrogen-bond acceptors (Lipinski definition) is 8. The maximum atomic E-state index is 15.4. The lowest BCUT2D eigenvalue weighted by Gasteiger charge is -2.38. The number of nitrogens with one attached hydrogen (secondary N) is 1. The van der Waals surface area contributed by atoms with Gasteiger partial charge < -0.3 is 20.7 Å². The van der Waals surface area contributed by atoms with Gasteiger partial charge in [-0.3, -0.25) is 14.7 Å². The fraction of sp³-hybridized carbons (Fsp3) is 0.565. The number of primary amides is 1. The van der Waals surface area contributed by atoms with Gasteiger partial charge in [0.2, 0.25) is 11.7 Å². The predicted molar refractivity (Wildman–Crippen MR) is 126 cm³/mol. The molecule has 2 aromatic rings. The van der Waals surface area contributed by atoms with Crippen LogP contribution in [0.2, 0.25) is 0 Å². The molecule has 0 saturated carbocycles. The van der Waals surface area contributed by atoms with E-state index >= 15 is 4.39 Å². The number of morpholine rings is 1. The van der Waals surface area contributed by atoms with E-state index in [0.29, 0.717) is 6.20 Å². The number of aromatic nitrogens is 3. The molecule has 3 N–H and O–H groups in total.